The van der Waals surface area contributed by atoms with Crippen LogP contribution in [0.5, 0.6) is 5.75 Å². The molecule has 0 aliphatic carbocycles. The molecule has 0 fully saturated rings. The minimum Gasteiger partial charge on any atom is -0.497 e. The minimum atomic E-state index is -0.962. The fraction of sp³-hybridized carbons (Fsp3) is 0.176. The number of ketones is 1. The second-order valence-electron chi connectivity index (χ2n) is 4.63. The minimum absolute atomic E-state index is 0.0217. The van der Waals surface area contributed by atoms with E-state index in [1.807, 2.05) is 36.4 Å². The van der Waals surface area contributed by atoms with E-state index in [1.165, 1.54) is 0 Å². The summed E-state index contributed by atoms with van der Waals surface area (Å²) < 4.78 is 5.18. The topological polar surface area (TPSA) is 63.6 Å². The Kier molecular flexibility index (Phi) is 4.72. The normalized spacial score (nSPS) is 10.1. The maximum atomic E-state index is 11.8. The van der Waals surface area contributed by atoms with Crippen molar-refractivity contribution in [3.63, 3.8) is 0 Å². The van der Waals surface area contributed by atoms with Crippen molar-refractivity contribution in [1.82, 2.24) is 0 Å². The number of hydrogen-bond acceptors (Lipinski definition) is 3. The van der Waals surface area contributed by atoms with Gasteiger partial charge in [-0.1, -0.05) is 36.4 Å². The number of hydrogen-bond donors (Lipinski definition) is 1. The highest BCUT2D eigenvalue weighted by Gasteiger charge is 2.08. The molecule has 21 heavy (non-hydrogen) atoms. The van der Waals surface area contributed by atoms with Gasteiger partial charge in [-0.3, -0.25) is 9.59 Å². The van der Waals surface area contributed by atoms with Crippen LogP contribution in [0.2, 0.25) is 0 Å². The van der Waals surface area contributed by atoms with Crippen molar-refractivity contribution in [2.75, 3.05) is 7.11 Å². The van der Waals surface area contributed by atoms with Crippen molar-refractivity contribution in [2.24, 2.45) is 0 Å². The molecule has 0 unspecified atom stereocenters. The predicted octanol–water partition coefficient (Wildman–Crippen LogP) is 3.41. The Balaban J connectivity index is 2.14. The number of benzene rings is 2. The van der Waals surface area contributed by atoms with Crippen molar-refractivity contribution in [3.05, 3.63) is 54.1 Å². The molecule has 0 heterocycles. The number of methoxy groups -OCH3 is 1. The Labute approximate surface area is 123 Å². The Hall–Kier alpha value is -2.62. The van der Waals surface area contributed by atoms with Gasteiger partial charge in [-0.15, -0.1) is 0 Å². The molecule has 2 rings (SSSR count). The lowest BCUT2D eigenvalue weighted by Crippen LogP contribution is -2.03. The zero-order valence-corrected chi connectivity index (χ0v) is 11.7. The van der Waals surface area contributed by atoms with Crippen LogP contribution >= 0.6 is 0 Å². The first-order chi connectivity index (χ1) is 10.1. The lowest BCUT2D eigenvalue weighted by atomic mass is 10.0. The fourth-order valence-electron chi connectivity index (χ4n) is 2.02. The third-order valence-electron chi connectivity index (χ3n) is 3.18. The Morgan fingerprint density at radius 3 is 2.33 bits per heavy atom. The van der Waals surface area contributed by atoms with Gasteiger partial charge >= 0.3 is 5.97 Å². The third-order valence-corrected chi connectivity index (χ3v) is 3.18. The lowest BCUT2D eigenvalue weighted by molar-refractivity contribution is -0.136. The molecule has 0 bridgehead atoms. The van der Waals surface area contributed by atoms with Crippen molar-refractivity contribution in [1.29, 1.82) is 0 Å². The van der Waals surface area contributed by atoms with E-state index in [1.54, 1.807) is 19.2 Å². The van der Waals surface area contributed by atoms with Gasteiger partial charge in [-0.25, -0.2) is 0 Å². The third kappa shape index (κ3) is 3.92. The van der Waals surface area contributed by atoms with E-state index < -0.39 is 5.97 Å². The lowest BCUT2D eigenvalue weighted by Gasteiger charge is -2.06. The van der Waals surface area contributed by atoms with Crippen LogP contribution in [0.25, 0.3) is 11.1 Å². The zero-order chi connectivity index (χ0) is 15.2. The fourth-order valence-corrected chi connectivity index (χ4v) is 2.02. The Morgan fingerprint density at radius 2 is 1.71 bits per heavy atom. The summed E-state index contributed by atoms with van der Waals surface area (Å²) in [5.41, 5.74) is 2.51. The molecule has 4 nitrogen and oxygen atoms in total. The molecule has 1 N–H and O–H groups in total. The molecule has 0 saturated heterocycles. The molecule has 0 spiro atoms. The largest absolute Gasteiger partial charge is 0.497 e. The van der Waals surface area contributed by atoms with E-state index in [-0.39, 0.29) is 18.6 Å². The highest BCUT2D eigenvalue weighted by atomic mass is 16.5. The molecule has 2 aromatic carbocycles. The molecule has 108 valence electrons. The number of aliphatic carboxylic acids is 1. The maximum absolute atomic E-state index is 11.8. The van der Waals surface area contributed by atoms with Gasteiger partial charge in [0, 0.05) is 12.0 Å². The molecule has 0 aliphatic rings. The molecule has 0 saturated carbocycles. The Bertz CT molecular complexity index is 644. The van der Waals surface area contributed by atoms with Crippen LogP contribution in [0.3, 0.4) is 0 Å². The van der Waals surface area contributed by atoms with Gasteiger partial charge in [0.05, 0.1) is 13.5 Å². The van der Waals surface area contributed by atoms with E-state index in [2.05, 4.69) is 0 Å². The summed E-state index contributed by atoms with van der Waals surface area (Å²) in [7, 11) is 1.61. The summed E-state index contributed by atoms with van der Waals surface area (Å²) in [6.45, 7) is 0. The van der Waals surface area contributed by atoms with Gasteiger partial charge in [0.1, 0.15) is 5.75 Å². The second-order valence-corrected chi connectivity index (χ2v) is 4.63. The molecule has 0 amide bonds. The van der Waals surface area contributed by atoms with Gasteiger partial charge in [0.15, 0.2) is 5.78 Å². The number of rotatable bonds is 6. The number of ether oxygens (including phenoxy) is 1. The number of carboxylic acid groups (broad SMARTS) is 1. The molecule has 0 radical (unpaired) electrons. The van der Waals surface area contributed by atoms with Gasteiger partial charge in [-0.2, -0.15) is 0 Å². The SMILES string of the molecule is COc1cccc(-c2ccc(C(=O)CCC(=O)O)cc2)c1. The molecule has 0 atom stereocenters. The number of carbonyl (C=O) groups excluding carboxylic acids is 1. The predicted molar refractivity (Wildman–Crippen MR) is 79.6 cm³/mol. The first-order valence-electron chi connectivity index (χ1n) is 6.59. The molecule has 0 aromatic heterocycles. The smallest absolute Gasteiger partial charge is 0.303 e. The summed E-state index contributed by atoms with van der Waals surface area (Å²) in [6.07, 6.45) is -0.121. The molecular weight excluding hydrogens is 268 g/mol. The van der Waals surface area contributed by atoms with Gasteiger partial charge in [0.25, 0.3) is 0 Å². The highest BCUT2D eigenvalue weighted by Crippen LogP contribution is 2.24. The summed E-state index contributed by atoms with van der Waals surface area (Å²) in [5, 5.41) is 8.59. The zero-order valence-electron chi connectivity index (χ0n) is 11.7. The maximum Gasteiger partial charge on any atom is 0.303 e. The van der Waals surface area contributed by atoms with Crippen LogP contribution in [0.15, 0.2) is 48.5 Å². The summed E-state index contributed by atoms with van der Waals surface area (Å²) in [6, 6.07) is 14.8. The summed E-state index contributed by atoms with van der Waals surface area (Å²) >= 11 is 0. The molecule has 2 aromatic rings. The van der Waals surface area contributed by atoms with E-state index in [9.17, 15) is 9.59 Å². The van der Waals surface area contributed by atoms with E-state index in [4.69, 9.17) is 9.84 Å². The number of Topliss-reactive ketones (excluding diaryl/α,β-unsaturated/α-hetero) is 1. The monoisotopic (exact) mass is 284 g/mol. The van der Waals surface area contributed by atoms with Crippen LogP contribution < -0.4 is 4.74 Å². The van der Waals surface area contributed by atoms with Crippen LogP contribution in [0.1, 0.15) is 23.2 Å². The van der Waals surface area contributed by atoms with Crippen molar-refractivity contribution in [2.45, 2.75) is 12.8 Å². The number of carbonyl (C=O) groups is 2. The first kappa shape index (κ1) is 14.8. The van der Waals surface area contributed by atoms with Crippen LogP contribution in [-0.4, -0.2) is 24.0 Å². The average Bonchev–Trinajstić information content (AvgIpc) is 2.52. The first-order valence-corrected chi connectivity index (χ1v) is 6.59. The van der Waals surface area contributed by atoms with Crippen molar-refractivity contribution < 1.29 is 19.4 Å². The molecule has 0 aliphatic heterocycles. The van der Waals surface area contributed by atoms with Crippen molar-refractivity contribution >= 4 is 11.8 Å². The second kappa shape index (κ2) is 6.70. The number of carboxylic acids is 1. The van der Waals surface area contributed by atoms with E-state index in [0.717, 1.165) is 16.9 Å². The molecule has 4 heteroatoms. The van der Waals surface area contributed by atoms with E-state index >= 15 is 0 Å². The van der Waals surface area contributed by atoms with Crippen molar-refractivity contribution in [3.8, 4) is 16.9 Å². The quantitative estimate of drug-likeness (QED) is 0.826. The standard InChI is InChI=1S/C17H16O4/c1-21-15-4-2-3-14(11-15)12-5-7-13(8-6-12)16(18)9-10-17(19)20/h2-8,11H,9-10H2,1H3,(H,19,20). The van der Waals surface area contributed by atoms with Gasteiger partial charge in [-0.05, 0) is 23.3 Å². The summed E-state index contributed by atoms with van der Waals surface area (Å²) in [4.78, 5) is 22.3. The van der Waals surface area contributed by atoms with Crippen LogP contribution in [0.4, 0.5) is 0 Å². The van der Waals surface area contributed by atoms with Crippen LogP contribution in [-0.2, 0) is 4.79 Å². The van der Waals surface area contributed by atoms with Crippen LogP contribution in [0, 0.1) is 0 Å². The van der Waals surface area contributed by atoms with E-state index in [0.29, 0.717) is 5.56 Å². The summed E-state index contributed by atoms with van der Waals surface area (Å²) in [5.74, 6) is -0.347. The average molecular weight is 284 g/mol. The van der Waals surface area contributed by atoms with Gasteiger partial charge in [0.2, 0.25) is 0 Å². The van der Waals surface area contributed by atoms with Gasteiger partial charge < -0.3 is 9.84 Å². The Morgan fingerprint density at radius 1 is 1.00 bits per heavy atom. The molecular formula is C17H16O4. The highest BCUT2D eigenvalue weighted by molar-refractivity contribution is 5.97.